The second-order valence-corrected chi connectivity index (χ2v) is 5.18. The first-order valence-electron chi connectivity index (χ1n) is 6.69. The Labute approximate surface area is 102 Å². The van der Waals surface area contributed by atoms with E-state index in [9.17, 15) is 0 Å². The van der Waals surface area contributed by atoms with Gasteiger partial charge in [0.2, 0.25) is 0 Å². The molecule has 1 aromatic heterocycles. The van der Waals surface area contributed by atoms with Crippen molar-refractivity contribution in [1.29, 1.82) is 0 Å². The van der Waals surface area contributed by atoms with Crippen LogP contribution in [0, 0.1) is 0 Å². The van der Waals surface area contributed by atoms with Gasteiger partial charge in [-0.3, -0.25) is 0 Å². The summed E-state index contributed by atoms with van der Waals surface area (Å²) in [5.74, 6) is 3.20. The number of hydrogen-bond acceptors (Lipinski definition) is 4. The molecule has 2 heterocycles. The summed E-state index contributed by atoms with van der Waals surface area (Å²) in [6.45, 7) is 3.36. The van der Waals surface area contributed by atoms with Crippen molar-refractivity contribution in [3.8, 4) is 0 Å². The van der Waals surface area contributed by atoms with Gasteiger partial charge in [-0.05, 0) is 32.1 Å². The summed E-state index contributed by atoms with van der Waals surface area (Å²) in [6, 6.07) is 2.57. The standard InChI is InChI=1S/C13H20N4/c1-2-10-4-3-7-17(10)12-8-11(14)15-13(16-12)9-5-6-9/h8-10H,2-7H2,1H3,(H2,14,15,16). The SMILES string of the molecule is CCC1CCCN1c1cc(N)nc(C2CC2)n1. The summed E-state index contributed by atoms with van der Waals surface area (Å²) in [5.41, 5.74) is 5.90. The van der Waals surface area contributed by atoms with Crippen LogP contribution in [-0.4, -0.2) is 22.6 Å². The first-order chi connectivity index (χ1) is 8.28. The third-order valence-electron chi connectivity index (χ3n) is 3.83. The van der Waals surface area contributed by atoms with Crippen LogP contribution in [0.15, 0.2) is 6.07 Å². The summed E-state index contributed by atoms with van der Waals surface area (Å²) in [6.07, 6.45) is 6.17. The number of rotatable bonds is 3. The van der Waals surface area contributed by atoms with E-state index < -0.39 is 0 Å². The summed E-state index contributed by atoms with van der Waals surface area (Å²) >= 11 is 0. The number of nitrogens with two attached hydrogens (primary N) is 1. The van der Waals surface area contributed by atoms with E-state index in [4.69, 9.17) is 10.7 Å². The van der Waals surface area contributed by atoms with Crippen LogP contribution in [0.2, 0.25) is 0 Å². The molecule has 0 spiro atoms. The molecule has 4 heteroatoms. The Morgan fingerprint density at radius 1 is 1.35 bits per heavy atom. The van der Waals surface area contributed by atoms with Gasteiger partial charge >= 0.3 is 0 Å². The predicted octanol–water partition coefficient (Wildman–Crippen LogP) is 2.32. The Morgan fingerprint density at radius 3 is 2.88 bits per heavy atom. The normalized spacial score (nSPS) is 24.3. The van der Waals surface area contributed by atoms with Gasteiger partial charge in [-0.15, -0.1) is 0 Å². The van der Waals surface area contributed by atoms with E-state index in [-0.39, 0.29) is 0 Å². The van der Waals surface area contributed by atoms with Crippen molar-refractivity contribution in [3.05, 3.63) is 11.9 Å². The molecule has 3 rings (SSSR count). The number of aromatic nitrogens is 2. The Hall–Kier alpha value is -1.32. The molecule has 2 fully saturated rings. The summed E-state index contributed by atoms with van der Waals surface area (Å²) in [5, 5.41) is 0. The molecule has 0 aromatic carbocycles. The average molecular weight is 232 g/mol. The monoisotopic (exact) mass is 232 g/mol. The zero-order valence-electron chi connectivity index (χ0n) is 10.4. The Kier molecular flexibility index (Phi) is 2.65. The molecular formula is C13H20N4. The molecule has 2 N–H and O–H groups in total. The molecule has 1 atom stereocenters. The molecule has 1 aromatic rings. The van der Waals surface area contributed by atoms with Gasteiger partial charge in [0, 0.05) is 24.6 Å². The molecular weight excluding hydrogens is 212 g/mol. The van der Waals surface area contributed by atoms with Crippen LogP contribution in [0.3, 0.4) is 0 Å². The molecule has 92 valence electrons. The molecule has 1 saturated carbocycles. The van der Waals surface area contributed by atoms with E-state index in [2.05, 4.69) is 16.8 Å². The van der Waals surface area contributed by atoms with Crippen LogP contribution < -0.4 is 10.6 Å². The molecule has 1 saturated heterocycles. The maximum Gasteiger partial charge on any atom is 0.136 e. The fourth-order valence-corrected chi connectivity index (χ4v) is 2.70. The van der Waals surface area contributed by atoms with E-state index in [0.29, 0.717) is 17.8 Å². The van der Waals surface area contributed by atoms with Gasteiger partial charge in [-0.25, -0.2) is 9.97 Å². The van der Waals surface area contributed by atoms with Gasteiger partial charge in [0.05, 0.1) is 0 Å². The molecule has 1 aliphatic heterocycles. The molecule has 1 unspecified atom stereocenters. The summed E-state index contributed by atoms with van der Waals surface area (Å²) in [7, 11) is 0. The first-order valence-corrected chi connectivity index (χ1v) is 6.69. The molecule has 1 aliphatic carbocycles. The largest absolute Gasteiger partial charge is 0.384 e. The minimum absolute atomic E-state index is 0.569. The predicted molar refractivity (Wildman–Crippen MR) is 69.1 cm³/mol. The lowest BCUT2D eigenvalue weighted by Gasteiger charge is -2.25. The maximum absolute atomic E-state index is 5.90. The second kappa shape index (κ2) is 4.17. The van der Waals surface area contributed by atoms with Crippen LogP contribution in [0.4, 0.5) is 11.6 Å². The van der Waals surface area contributed by atoms with Gasteiger partial charge in [0.1, 0.15) is 17.5 Å². The van der Waals surface area contributed by atoms with Gasteiger partial charge in [0.15, 0.2) is 0 Å². The van der Waals surface area contributed by atoms with E-state index in [0.717, 1.165) is 18.2 Å². The van der Waals surface area contributed by atoms with Crippen molar-refractivity contribution in [3.63, 3.8) is 0 Å². The third kappa shape index (κ3) is 2.08. The van der Waals surface area contributed by atoms with E-state index in [1.807, 2.05) is 6.07 Å². The zero-order chi connectivity index (χ0) is 11.8. The van der Waals surface area contributed by atoms with Crippen molar-refractivity contribution in [2.24, 2.45) is 0 Å². The highest BCUT2D eigenvalue weighted by Crippen LogP contribution is 2.39. The molecule has 0 bridgehead atoms. The van der Waals surface area contributed by atoms with Gasteiger partial charge in [0.25, 0.3) is 0 Å². The average Bonchev–Trinajstić information content (AvgIpc) is 3.06. The maximum atomic E-state index is 5.90. The molecule has 2 aliphatic rings. The highest BCUT2D eigenvalue weighted by atomic mass is 15.2. The van der Waals surface area contributed by atoms with Crippen molar-refractivity contribution >= 4 is 11.6 Å². The topological polar surface area (TPSA) is 55.0 Å². The number of nitrogen functional groups attached to an aromatic ring is 1. The van der Waals surface area contributed by atoms with E-state index in [1.165, 1.54) is 32.1 Å². The van der Waals surface area contributed by atoms with Crippen LogP contribution >= 0.6 is 0 Å². The second-order valence-electron chi connectivity index (χ2n) is 5.18. The lowest BCUT2D eigenvalue weighted by Crippen LogP contribution is -2.29. The van der Waals surface area contributed by atoms with Gasteiger partial charge in [-0.1, -0.05) is 6.92 Å². The van der Waals surface area contributed by atoms with Crippen LogP contribution in [0.25, 0.3) is 0 Å². The lowest BCUT2D eigenvalue weighted by molar-refractivity contribution is 0.638. The van der Waals surface area contributed by atoms with Crippen LogP contribution in [0.1, 0.15) is 50.8 Å². The number of anilines is 2. The fraction of sp³-hybridized carbons (Fsp3) is 0.692. The summed E-state index contributed by atoms with van der Waals surface area (Å²) < 4.78 is 0. The molecule has 4 nitrogen and oxygen atoms in total. The Balaban J connectivity index is 1.90. The van der Waals surface area contributed by atoms with Crippen molar-refractivity contribution in [2.45, 2.75) is 51.0 Å². The van der Waals surface area contributed by atoms with Crippen LogP contribution in [0.5, 0.6) is 0 Å². The van der Waals surface area contributed by atoms with E-state index in [1.54, 1.807) is 0 Å². The molecule has 17 heavy (non-hydrogen) atoms. The van der Waals surface area contributed by atoms with Gasteiger partial charge < -0.3 is 10.6 Å². The minimum atomic E-state index is 0.569. The fourth-order valence-electron chi connectivity index (χ4n) is 2.70. The third-order valence-corrected chi connectivity index (χ3v) is 3.83. The summed E-state index contributed by atoms with van der Waals surface area (Å²) in [4.78, 5) is 11.5. The Bertz CT molecular complexity index is 414. The Morgan fingerprint density at radius 2 is 2.18 bits per heavy atom. The van der Waals surface area contributed by atoms with Crippen molar-refractivity contribution in [1.82, 2.24) is 9.97 Å². The number of hydrogen-bond donors (Lipinski definition) is 1. The zero-order valence-corrected chi connectivity index (χ0v) is 10.4. The highest BCUT2D eigenvalue weighted by molar-refractivity contribution is 5.49. The van der Waals surface area contributed by atoms with Crippen LogP contribution in [-0.2, 0) is 0 Å². The highest BCUT2D eigenvalue weighted by Gasteiger charge is 2.29. The minimum Gasteiger partial charge on any atom is -0.384 e. The van der Waals surface area contributed by atoms with Crippen molar-refractivity contribution in [2.75, 3.05) is 17.2 Å². The molecule has 0 radical (unpaired) electrons. The first kappa shape index (κ1) is 10.8. The van der Waals surface area contributed by atoms with Gasteiger partial charge in [-0.2, -0.15) is 0 Å². The van der Waals surface area contributed by atoms with Crippen molar-refractivity contribution < 1.29 is 0 Å². The van der Waals surface area contributed by atoms with E-state index >= 15 is 0 Å². The number of nitrogens with zero attached hydrogens (tertiary/aromatic N) is 3. The molecule has 0 amide bonds. The lowest BCUT2D eigenvalue weighted by atomic mass is 10.2. The quantitative estimate of drug-likeness (QED) is 0.869. The smallest absolute Gasteiger partial charge is 0.136 e.